The lowest BCUT2D eigenvalue weighted by atomic mass is 10.1. The maximum atomic E-state index is 12.6. The van der Waals surface area contributed by atoms with Crippen molar-refractivity contribution in [1.82, 2.24) is 15.4 Å². The molecule has 0 saturated carbocycles. The third-order valence-corrected chi connectivity index (χ3v) is 10.9. The molecular formula is C32H36N3O13PS2. The van der Waals surface area contributed by atoms with Gasteiger partial charge in [-0.25, -0.2) is 8.42 Å². The van der Waals surface area contributed by atoms with Crippen molar-refractivity contribution in [2.75, 3.05) is 32.6 Å². The van der Waals surface area contributed by atoms with Crippen LogP contribution in [0.1, 0.15) is 39.1 Å². The highest BCUT2D eigenvalue weighted by Crippen LogP contribution is 2.41. The molecule has 1 aromatic heterocycles. The van der Waals surface area contributed by atoms with Crippen molar-refractivity contribution in [3.05, 3.63) is 77.4 Å². The summed E-state index contributed by atoms with van der Waals surface area (Å²) in [6.07, 6.45) is -0.319. The third-order valence-electron chi connectivity index (χ3n) is 7.13. The fraction of sp³-hybridized carbons (Fsp3) is 0.250. The molecule has 0 bridgehead atoms. The smallest absolute Gasteiger partial charge is 0.340 e. The number of nitrogens with one attached hydrogen (secondary N) is 3. The van der Waals surface area contributed by atoms with Gasteiger partial charge in [0.05, 0.1) is 13.2 Å². The lowest BCUT2D eigenvalue weighted by molar-refractivity contribution is 0.0942. The summed E-state index contributed by atoms with van der Waals surface area (Å²) in [4.78, 5) is 43.5. The van der Waals surface area contributed by atoms with Crippen molar-refractivity contribution in [3.63, 3.8) is 0 Å². The van der Waals surface area contributed by atoms with Gasteiger partial charge >= 0.3 is 7.60 Å². The molecule has 1 heterocycles. The first-order chi connectivity index (χ1) is 24.1. The summed E-state index contributed by atoms with van der Waals surface area (Å²) in [6, 6.07) is 13.6. The van der Waals surface area contributed by atoms with Gasteiger partial charge in [0.25, 0.3) is 21.8 Å². The Labute approximate surface area is 296 Å². The fourth-order valence-electron chi connectivity index (χ4n) is 4.51. The number of aromatic hydroxyl groups is 4. The minimum atomic E-state index is -4.63. The molecule has 51 heavy (non-hydrogen) atoms. The van der Waals surface area contributed by atoms with Crippen LogP contribution in [0.2, 0.25) is 0 Å². The molecule has 0 radical (unpaired) electrons. The summed E-state index contributed by atoms with van der Waals surface area (Å²) in [5.74, 6) is -1.80. The molecule has 0 fully saturated rings. The van der Waals surface area contributed by atoms with E-state index in [0.717, 1.165) is 23.5 Å². The molecule has 0 spiro atoms. The number of rotatable bonds is 17. The van der Waals surface area contributed by atoms with Gasteiger partial charge in [0.2, 0.25) is 0 Å². The van der Waals surface area contributed by atoms with Crippen LogP contribution in [-0.4, -0.2) is 83.0 Å². The van der Waals surface area contributed by atoms with Gasteiger partial charge in [-0.1, -0.05) is 0 Å². The largest absolute Gasteiger partial charge is 0.504 e. The molecule has 0 aliphatic rings. The number of phenolic OH excluding ortho intramolecular Hbond substituents is 4. The van der Waals surface area contributed by atoms with Crippen molar-refractivity contribution in [2.24, 2.45) is 0 Å². The summed E-state index contributed by atoms with van der Waals surface area (Å²) >= 11 is 0.884. The Morgan fingerprint density at radius 3 is 1.84 bits per heavy atom. The van der Waals surface area contributed by atoms with Gasteiger partial charge in [-0.3, -0.25) is 14.2 Å². The highest BCUT2D eigenvalue weighted by atomic mass is 32.2. The first kappa shape index (κ1) is 39.0. The molecule has 16 nitrogen and oxygen atoms in total. The highest BCUT2D eigenvalue weighted by molar-refractivity contribution is 7.92. The zero-order valence-corrected chi connectivity index (χ0v) is 29.6. The van der Waals surface area contributed by atoms with Gasteiger partial charge in [-0.2, -0.15) is 4.72 Å². The molecule has 2 amide bonds. The molecule has 0 saturated heterocycles. The normalized spacial score (nSPS) is 11.6. The van der Waals surface area contributed by atoms with Crippen molar-refractivity contribution in [1.29, 1.82) is 0 Å². The van der Waals surface area contributed by atoms with Gasteiger partial charge in [-0.15, -0.1) is 11.3 Å². The predicted octanol–water partition coefficient (Wildman–Crippen LogP) is 3.36. The Morgan fingerprint density at radius 1 is 0.765 bits per heavy atom. The average Bonchev–Trinajstić information content (AvgIpc) is 3.58. The van der Waals surface area contributed by atoms with E-state index in [4.69, 9.17) is 19.3 Å². The SMILES string of the molecule is Cc1c(-c2ccc(S(=O)(=O)NCP(=O)(O)O)s2)ccc(OCCCNC(=O)c2ccc(O)c(O)c2)c1OCCCNC(=O)c1ccc(O)c(O)c1. The quantitative estimate of drug-likeness (QED) is 0.0425. The average molecular weight is 766 g/mol. The lowest BCUT2D eigenvalue weighted by Crippen LogP contribution is -2.25. The number of thiophene rings is 1. The third kappa shape index (κ3) is 10.8. The van der Waals surface area contributed by atoms with Crippen molar-refractivity contribution < 1.29 is 62.3 Å². The van der Waals surface area contributed by atoms with Gasteiger partial charge in [0.1, 0.15) is 10.5 Å². The Kier molecular flexibility index (Phi) is 12.9. The fourth-order valence-corrected chi connectivity index (χ4v) is 7.96. The summed E-state index contributed by atoms with van der Waals surface area (Å²) in [7, 11) is -8.83. The van der Waals surface area contributed by atoms with Crippen LogP contribution >= 0.6 is 18.9 Å². The highest BCUT2D eigenvalue weighted by Gasteiger charge is 2.23. The van der Waals surface area contributed by atoms with Crippen LogP contribution in [0, 0.1) is 6.92 Å². The van der Waals surface area contributed by atoms with Crippen LogP contribution in [-0.2, 0) is 14.6 Å². The second-order valence-electron chi connectivity index (χ2n) is 11.0. The number of benzene rings is 3. The monoisotopic (exact) mass is 765 g/mol. The summed E-state index contributed by atoms with van der Waals surface area (Å²) in [6.45, 7) is 2.42. The minimum Gasteiger partial charge on any atom is -0.504 e. The molecule has 274 valence electrons. The maximum absolute atomic E-state index is 12.6. The number of amides is 2. The van der Waals surface area contributed by atoms with E-state index >= 15 is 0 Å². The summed E-state index contributed by atoms with van der Waals surface area (Å²) in [5, 5.41) is 43.6. The Balaban J connectivity index is 1.43. The van der Waals surface area contributed by atoms with Crippen LogP contribution in [0.15, 0.2) is 64.9 Å². The van der Waals surface area contributed by atoms with E-state index in [1.165, 1.54) is 30.3 Å². The number of ether oxygens (including phenoxy) is 2. The number of hydrogen-bond donors (Lipinski definition) is 9. The van der Waals surface area contributed by atoms with Crippen LogP contribution in [0.3, 0.4) is 0 Å². The van der Waals surface area contributed by atoms with Gasteiger partial charge in [-0.05, 0) is 86.0 Å². The van der Waals surface area contributed by atoms with Crippen LogP contribution < -0.4 is 24.8 Å². The lowest BCUT2D eigenvalue weighted by Gasteiger charge is -2.18. The van der Waals surface area contributed by atoms with E-state index in [1.54, 1.807) is 25.1 Å². The van der Waals surface area contributed by atoms with Crippen LogP contribution in [0.25, 0.3) is 10.4 Å². The first-order valence-electron chi connectivity index (χ1n) is 15.2. The zero-order chi connectivity index (χ0) is 37.3. The predicted molar refractivity (Wildman–Crippen MR) is 186 cm³/mol. The number of hydrogen-bond acceptors (Lipinski definition) is 12. The topological polar surface area (TPSA) is 261 Å². The van der Waals surface area contributed by atoms with Gasteiger partial charge in [0, 0.05) is 34.7 Å². The molecule has 0 aliphatic carbocycles. The second kappa shape index (κ2) is 16.9. The van der Waals surface area contributed by atoms with E-state index in [1.807, 2.05) is 4.72 Å². The van der Waals surface area contributed by atoms with Crippen LogP contribution in [0.5, 0.6) is 34.5 Å². The molecule has 9 N–H and O–H groups in total. The first-order valence-corrected chi connectivity index (χ1v) is 19.3. The Morgan fingerprint density at radius 2 is 1.31 bits per heavy atom. The van der Waals surface area contributed by atoms with Crippen molar-refractivity contribution in [3.8, 4) is 44.9 Å². The van der Waals surface area contributed by atoms with Gasteiger partial charge < -0.3 is 50.3 Å². The Bertz CT molecular complexity index is 2050. The Hall–Kier alpha value is -4.84. The molecule has 0 unspecified atom stereocenters. The van der Waals surface area contributed by atoms with E-state index < -0.39 is 47.2 Å². The van der Waals surface area contributed by atoms with E-state index in [-0.39, 0.29) is 53.1 Å². The molecule has 0 aliphatic heterocycles. The molecule has 0 atom stereocenters. The van der Waals surface area contributed by atoms with Crippen LogP contribution in [0.4, 0.5) is 0 Å². The molecule has 3 aromatic carbocycles. The molecule has 4 aromatic rings. The second-order valence-corrected chi connectivity index (χ2v) is 15.7. The van der Waals surface area contributed by atoms with E-state index in [2.05, 4.69) is 10.6 Å². The van der Waals surface area contributed by atoms with E-state index in [9.17, 15) is 43.0 Å². The number of sulfonamides is 1. The van der Waals surface area contributed by atoms with Gasteiger partial charge in [0.15, 0.2) is 34.5 Å². The van der Waals surface area contributed by atoms with E-state index in [0.29, 0.717) is 40.3 Å². The number of carbonyl (C=O) groups is 2. The zero-order valence-electron chi connectivity index (χ0n) is 27.0. The number of carbonyl (C=O) groups excluding carboxylic acids is 2. The molecule has 4 rings (SSSR count). The summed E-state index contributed by atoms with van der Waals surface area (Å²) < 4.78 is 50.3. The summed E-state index contributed by atoms with van der Waals surface area (Å²) in [5.41, 5.74) is 1.50. The molecular weight excluding hydrogens is 729 g/mol. The van der Waals surface area contributed by atoms with Crippen molar-refractivity contribution >= 4 is 40.8 Å². The standard InChI is InChI=1S/C32H36N3O13PS2/c1-19-22(28-10-11-29(50-28)51(45,46)35-18-49(42,43)44)6-9-27(47-14-2-12-33-31(40)20-4-7-23(36)25(38)16-20)30(19)48-15-3-13-34-32(41)21-5-8-24(37)26(39)17-21/h4-11,16-17,35-39H,2-3,12-15,18H2,1H3,(H,33,40)(H,34,41)(H2,42,43,44). The van der Waals surface area contributed by atoms with Crippen molar-refractivity contribution in [2.45, 2.75) is 24.0 Å². The minimum absolute atomic E-state index is 0.119. The molecule has 19 heteroatoms. The maximum Gasteiger partial charge on any atom is 0.340 e. The number of phenols is 4.